The summed E-state index contributed by atoms with van der Waals surface area (Å²) in [4.78, 5) is 15.8. The van der Waals surface area contributed by atoms with E-state index in [2.05, 4.69) is 5.16 Å². The quantitative estimate of drug-likeness (QED) is 0.536. The average Bonchev–Trinajstić information content (AvgIpc) is 1.93. The van der Waals surface area contributed by atoms with Crippen molar-refractivity contribution in [3.8, 4) is 0 Å². The van der Waals surface area contributed by atoms with Gasteiger partial charge in [0.05, 0.1) is 12.1 Å². The van der Waals surface area contributed by atoms with Gasteiger partial charge >= 0.3 is 5.97 Å². The molecule has 0 bridgehead atoms. The van der Waals surface area contributed by atoms with E-state index in [1.165, 1.54) is 0 Å². The number of hydrogen-bond donors (Lipinski definition) is 1. The van der Waals surface area contributed by atoms with Gasteiger partial charge in [-0.15, -0.1) is 0 Å². The van der Waals surface area contributed by atoms with Crippen molar-refractivity contribution >= 4 is 11.7 Å². The third kappa shape index (κ3) is 2.72. The zero-order chi connectivity index (χ0) is 9.90. The standard InChI is InChI=1S/C9H15NO3/c1-7(2)10-13-9(4-3-5-9)6-8(11)12/h3-6H2,1-2H3,(H,11,12). The number of carboxylic acid groups (broad SMARTS) is 1. The van der Waals surface area contributed by atoms with Crippen molar-refractivity contribution in [3.05, 3.63) is 0 Å². The van der Waals surface area contributed by atoms with Crippen molar-refractivity contribution in [1.82, 2.24) is 0 Å². The third-order valence-electron chi connectivity index (χ3n) is 2.16. The zero-order valence-electron chi connectivity index (χ0n) is 8.04. The summed E-state index contributed by atoms with van der Waals surface area (Å²) in [5.41, 5.74) is 0.306. The Hall–Kier alpha value is -1.06. The fourth-order valence-corrected chi connectivity index (χ4v) is 1.34. The lowest BCUT2D eigenvalue weighted by atomic mass is 9.78. The second-order valence-corrected chi connectivity index (χ2v) is 3.74. The molecule has 0 aromatic heterocycles. The Morgan fingerprint density at radius 1 is 1.54 bits per heavy atom. The molecular weight excluding hydrogens is 170 g/mol. The molecule has 1 N–H and O–H groups in total. The van der Waals surface area contributed by atoms with E-state index in [1.807, 2.05) is 13.8 Å². The smallest absolute Gasteiger partial charge is 0.307 e. The first kappa shape index (κ1) is 10.0. The maximum Gasteiger partial charge on any atom is 0.307 e. The molecule has 1 aliphatic rings. The molecule has 1 rings (SSSR count). The van der Waals surface area contributed by atoms with Crippen molar-refractivity contribution in [3.63, 3.8) is 0 Å². The van der Waals surface area contributed by atoms with Crippen LogP contribution in [0.5, 0.6) is 0 Å². The van der Waals surface area contributed by atoms with Crippen LogP contribution in [-0.2, 0) is 9.63 Å². The van der Waals surface area contributed by atoms with E-state index in [1.54, 1.807) is 0 Å². The molecule has 13 heavy (non-hydrogen) atoms. The van der Waals surface area contributed by atoms with Crippen LogP contribution < -0.4 is 0 Å². The highest BCUT2D eigenvalue weighted by molar-refractivity contribution is 5.78. The lowest BCUT2D eigenvalue weighted by molar-refractivity contribution is -0.154. The molecule has 1 aliphatic carbocycles. The normalized spacial score (nSPS) is 18.6. The second-order valence-electron chi connectivity index (χ2n) is 3.74. The van der Waals surface area contributed by atoms with E-state index in [9.17, 15) is 4.79 Å². The van der Waals surface area contributed by atoms with Gasteiger partial charge in [-0.2, -0.15) is 0 Å². The Morgan fingerprint density at radius 3 is 2.46 bits per heavy atom. The van der Waals surface area contributed by atoms with Gasteiger partial charge in [0, 0.05) is 0 Å². The highest BCUT2D eigenvalue weighted by Gasteiger charge is 2.42. The van der Waals surface area contributed by atoms with E-state index in [0.717, 1.165) is 25.0 Å². The summed E-state index contributed by atoms with van der Waals surface area (Å²) in [5, 5.41) is 12.5. The summed E-state index contributed by atoms with van der Waals surface area (Å²) in [5.74, 6) is -0.816. The third-order valence-corrected chi connectivity index (χ3v) is 2.16. The molecule has 0 spiro atoms. The molecule has 0 saturated heterocycles. The molecule has 0 aromatic carbocycles. The van der Waals surface area contributed by atoms with E-state index in [-0.39, 0.29) is 6.42 Å². The summed E-state index contributed by atoms with van der Waals surface area (Å²) in [7, 11) is 0. The molecule has 1 fully saturated rings. The van der Waals surface area contributed by atoms with Crippen molar-refractivity contribution < 1.29 is 14.7 Å². The molecule has 4 heteroatoms. The van der Waals surface area contributed by atoms with E-state index < -0.39 is 11.6 Å². The summed E-state index contributed by atoms with van der Waals surface area (Å²) in [6.45, 7) is 3.65. The first-order valence-corrected chi connectivity index (χ1v) is 4.45. The minimum absolute atomic E-state index is 0.0593. The molecular formula is C9H15NO3. The zero-order valence-corrected chi connectivity index (χ0v) is 8.04. The summed E-state index contributed by atoms with van der Waals surface area (Å²) >= 11 is 0. The molecule has 0 aliphatic heterocycles. The SMILES string of the molecule is CC(C)=NOC1(CC(=O)O)CCC1. The Kier molecular flexibility index (Phi) is 2.90. The first-order valence-electron chi connectivity index (χ1n) is 4.45. The first-order chi connectivity index (χ1) is 6.04. The minimum atomic E-state index is -0.816. The van der Waals surface area contributed by atoms with Crippen LogP contribution in [0.3, 0.4) is 0 Å². The lowest BCUT2D eigenvalue weighted by Gasteiger charge is -2.37. The molecule has 0 aromatic rings. The van der Waals surface area contributed by atoms with Crippen molar-refractivity contribution in [1.29, 1.82) is 0 Å². The number of carboxylic acids is 1. The number of aliphatic carboxylic acids is 1. The Bertz CT molecular complexity index is 227. The topological polar surface area (TPSA) is 58.9 Å². The van der Waals surface area contributed by atoms with Crippen LogP contribution in [0.1, 0.15) is 39.5 Å². The Balaban J connectivity index is 2.50. The van der Waals surface area contributed by atoms with Gasteiger partial charge in [0.2, 0.25) is 0 Å². The van der Waals surface area contributed by atoms with Crippen LogP contribution in [0.15, 0.2) is 5.16 Å². The minimum Gasteiger partial charge on any atom is -0.481 e. The molecule has 1 saturated carbocycles. The predicted molar refractivity (Wildman–Crippen MR) is 48.7 cm³/mol. The highest BCUT2D eigenvalue weighted by atomic mass is 16.7. The van der Waals surface area contributed by atoms with Gasteiger partial charge in [-0.1, -0.05) is 5.16 Å². The predicted octanol–water partition coefficient (Wildman–Crippen LogP) is 1.80. The Morgan fingerprint density at radius 2 is 2.15 bits per heavy atom. The van der Waals surface area contributed by atoms with Crippen LogP contribution >= 0.6 is 0 Å². The molecule has 0 atom stereocenters. The van der Waals surface area contributed by atoms with Crippen LogP contribution in [-0.4, -0.2) is 22.4 Å². The molecule has 74 valence electrons. The van der Waals surface area contributed by atoms with Crippen LogP contribution in [0.4, 0.5) is 0 Å². The van der Waals surface area contributed by atoms with Gasteiger partial charge in [0.1, 0.15) is 5.60 Å². The second kappa shape index (κ2) is 3.77. The molecule has 0 unspecified atom stereocenters. The van der Waals surface area contributed by atoms with Crippen molar-refractivity contribution in [2.45, 2.75) is 45.1 Å². The Labute approximate surface area is 77.6 Å². The summed E-state index contributed by atoms with van der Waals surface area (Å²) in [6, 6.07) is 0. The summed E-state index contributed by atoms with van der Waals surface area (Å²) in [6.07, 6.45) is 2.70. The van der Waals surface area contributed by atoms with E-state index in [4.69, 9.17) is 9.94 Å². The lowest BCUT2D eigenvalue weighted by Crippen LogP contribution is -2.41. The number of rotatable bonds is 4. The van der Waals surface area contributed by atoms with E-state index in [0.29, 0.717) is 0 Å². The van der Waals surface area contributed by atoms with Crippen LogP contribution in [0.2, 0.25) is 0 Å². The van der Waals surface area contributed by atoms with Gasteiger partial charge < -0.3 is 9.94 Å². The van der Waals surface area contributed by atoms with Crippen LogP contribution in [0.25, 0.3) is 0 Å². The fraction of sp³-hybridized carbons (Fsp3) is 0.778. The van der Waals surface area contributed by atoms with Crippen LogP contribution in [0, 0.1) is 0 Å². The highest BCUT2D eigenvalue weighted by Crippen LogP contribution is 2.38. The molecule has 0 radical (unpaired) electrons. The number of nitrogens with zero attached hydrogens (tertiary/aromatic N) is 1. The van der Waals surface area contributed by atoms with Gasteiger partial charge in [-0.05, 0) is 33.1 Å². The van der Waals surface area contributed by atoms with Gasteiger partial charge in [-0.3, -0.25) is 4.79 Å². The number of carbonyl (C=O) groups is 1. The van der Waals surface area contributed by atoms with Crippen molar-refractivity contribution in [2.75, 3.05) is 0 Å². The average molecular weight is 185 g/mol. The van der Waals surface area contributed by atoms with Gasteiger partial charge in [0.25, 0.3) is 0 Å². The number of oxime groups is 1. The van der Waals surface area contributed by atoms with Crippen molar-refractivity contribution in [2.24, 2.45) is 5.16 Å². The maximum atomic E-state index is 10.5. The molecule has 0 amide bonds. The summed E-state index contributed by atoms with van der Waals surface area (Å²) < 4.78 is 0. The van der Waals surface area contributed by atoms with E-state index >= 15 is 0 Å². The van der Waals surface area contributed by atoms with Gasteiger partial charge in [0.15, 0.2) is 0 Å². The number of hydrogen-bond acceptors (Lipinski definition) is 3. The van der Waals surface area contributed by atoms with Gasteiger partial charge in [-0.25, -0.2) is 0 Å². The maximum absolute atomic E-state index is 10.5. The largest absolute Gasteiger partial charge is 0.481 e. The fourth-order valence-electron chi connectivity index (χ4n) is 1.34. The molecule has 0 heterocycles. The monoisotopic (exact) mass is 185 g/mol. The molecule has 4 nitrogen and oxygen atoms in total.